The molecule has 0 unspecified atom stereocenters. The van der Waals surface area contributed by atoms with E-state index in [0.717, 1.165) is 17.1 Å². The van der Waals surface area contributed by atoms with Crippen LogP contribution in [0.5, 0.6) is 0 Å². The van der Waals surface area contributed by atoms with Gasteiger partial charge in [-0.1, -0.05) is 17.7 Å². The minimum atomic E-state index is -3.19. The summed E-state index contributed by atoms with van der Waals surface area (Å²) in [7, 11) is -3.19. The summed E-state index contributed by atoms with van der Waals surface area (Å²) >= 11 is 6.33. The molecule has 0 radical (unpaired) electrons. The number of aromatic nitrogens is 2. The molecule has 10 heteroatoms. The number of hydrogen-bond donors (Lipinski definition) is 1. The highest BCUT2D eigenvalue weighted by Gasteiger charge is 2.24. The molecule has 0 bridgehead atoms. The first-order valence-electron chi connectivity index (χ1n) is 10.4. The maximum Gasteiger partial charge on any atom is 0.257 e. The van der Waals surface area contributed by atoms with E-state index in [-0.39, 0.29) is 5.91 Å². The molecule has 1 N–H and O–H groups in total. The predicted octanol–water partition coefficient (Wildman–Crippen LogP) is 3.44. The lowest BCUT2D eigenvalue weighted by Crippen LogP contribution is -2.48. The molecule has 1 aromatic carbocycles. The Hall–Kier alpha value is -3.01. The topological polar surface area (TPSA) is 95.5 Å². The number of carbonyl (C=O) groups excluding carboxylic acids is 1. The lowest BCUT2D eigenvalue weighted by molar-refractivity contribution is 0.102. The van der Waals surface area contributed by atoms with E-state index >= 15 is 0 Å². The molecule has 1 amide bonds. The van der Waals surface area contributed by atoms with Gasteiger partial charge in [0.1, 0.15) is 5.82 Å². The van der Waals surface area contributed by atoms with E-state index < -0.39 is 10.0 Å². The Labute approximate surface area is 198 Å². The highest BCUT2D eigenvalue weighted by Crippen LogP contribution is 2.29. The van der Waals surface area contributed by atoms with Crippen LogP contribution in [0.4, 0.5) is 11.5 Å². The molecule has 0 saturated carbocycles. The fourth-order valence-electron chi connectivity index (χ4n) is 3.73. The third kappa shape index (κ3) is 5.32. The zero-order chi connectivity index (χ0) is 23.6. The normalized spacial score (nSPS) is 14.8. The van der Waals surface area contributed by atoms with Gasteiger partial charge in [0.25, 0.3) is 5.91 Å². The molecule has 3 heterocycles. The first kappa shape index (κ1) is 23.2. The van der Waals surface area contributed by atoms with Crippen molar-refractivity contribution in [2.45, 2.75) is 6.92 Å². The fraction of sp³-hybridized carbons (Fsp3) is 0.261. The summed E-state index contributed by atoms with van der Waals surface area (Å²) in [5, 5.41) is 3.45. The Bertz CT molecular complexity index is 1280. The standard InChI is InChI=1S/C23H24ClN5O3S/c1-16-18(7-9-22(26-16)28-11-13-29(14-12-28)33(2,31)32)23(30)27-17-6-8-20(24)19(15-17)21-5-3-4-10-25-21/h3-10,15H,11-14H2,1-2H3,(H,27,30). The molecule has 3 aromatic rings. The van der Waals surface area contributed by atoms with Crippen LogP contribution in [0.1, 0.15) is 16.1 Å². The average Bonchev–Trinajstić information content (AvgIpc) is 2.80. The first-order valence-corrected chi connectivity index (χ1v) is 12.6. The van der Waals surface area contributed by atoms with E-state index in [2.05, 4.69) is 15.3 Å². The smallest absolute Gasteiger partial charge is 0.257 e. The van der Waals surface area contributed by atoms with Crippen molar-refractivity contribution in [2.75, 3.05) is 42.7 Å². The maximum absolute atomic E-state index is 12.9. The SMILES string of the molecule is Cc1nc(N2CCN(S(C)(=O)=O)CC2)ccc1C(=O)Nc1ccc(Cl)c(-c2ccccn2)c1. The number of halogens is 1. The molecule has 172 valence electrons. The van der Waals surface area contributed by atoms with E-state index in [4.69, 9.17) is 11.6 Å². The number of amides is 1. The number of sulfonamides is 1. The third-order valence-electron chi connectivity index (χ3n) is 5.51. The zero-order valence-corrected chi connectivity index (χ0v) is 19.9. The van der Waals surface area contributed by atoms with Gasteiger partial charge in [-0.2, -0.15) is 4.31 Å². The van der Waals surface area contributed by atoms with Crippen molar-refractivity contribution in [3.63, 3.8) is 0 Å². The Kier molecular flexibility index (Phi) is 6.64. The number of aryl methyl sites for hydroxylation is 1. The minimum Gasteiger partial charge on any atom is -0.354 e. The van der Waals surface area contributed by atoms with E-state index in [9.17, 15) is 13.2 Å². The van der Waals surface area contributed by atoms with Crippen molar-refractivity contribution in [3.8, 4) is 11.3 Å². The zero-order valence-electron chi connectivity index (χ0n) is 18.3. The van der Waals surface area contributed by atoms with E-state index in [1.54, 1.807) is 43.5 Å². The van der Waals surface area contributed by atoms with Gasteiger partial charge < -0.3 is 10.2 Å². The second-order valence-electron chi connectivity index (χ2n) is 7.82. The number of piperazine rings is 1. The summed E-state index contributed by atoms with van der Waals surface area (Å²) in [6.45, 7) is 3.71. The summed E-state index contributed by atoms with van der Waals surface area (Å²) in [6.07, 6.45) is 2.91. The third-order valence-corrected chi connectivity index (χ3v) is 7.15. The molecule has 1 aliphatic heterocycles. The average molecular weight is 486 g/mol. The number of pyridine rings is 2. The molecular weight excluding hydrogens is 462 g/mol. The molecule has 0 spiro atoms. The van der Waals surface area contributed by atoms with Crippen molar-refractivity contribution >= 4 is 39.0 Å². The van der Waals surface area contributed by atoms with Crippen LogP contribution < -0.4 is 10.2 Å². The van der Waals surface area contributed by atoms with Crippen LogP contribution >= 0.6 is 11.6 Å². The molecule has 1 aliphatic rings. The van der Waals surface area contributed by atoms with Gasteiger partial charge in [0.05, 0.1) is 28.2 Å². The summed E-state index contributed by atoms with van der Waals surface area (Å²) in [6, 6.07) is 14.4. The second kappa shape index (κ2) is 9.46. The summed E-state index contributed by atoms with van der Waals surface area (Å²) in [4.78, 5) is 23.9. The van der Waals surface area contributed by atoms with Gasteiger partial charge >= 0.3 is 0 Å². The summed E-state index contributed by atoms with van der Waals surface area (Å²) in [5.41, 5.74) is 3.10. The minimum absolute atomic E-state index is 0.275. The van der Waals surface area contributed by atoms with Crippen molar-refractivity contribution in [1.82, 2.24) is 14.3 Å². The van der Waals surface area contributed by atoms with Crippen molar-refractivity contribution in [2.24, 2.45) is 0 Å². The molecule has 1 saturated heterocycles. The number of benzene rings is 1. The highest BCUT2D eigenvalue weighted by atomic mass is 35.5. The Morgan fingerprint density at radius 3 is 2.45 bits per heavy atom. The summed E-state index contributed by atoms with van der Waals surface area (Å²) in [5.74, 6) is 0.448. The van der Waals surface area contributed by atoms with Crippen LogP contribution in [0.15, 0.2) is 54.7 Å². The van der Waals surface area contributed by atoms with Crippen molar-refractivity contribution < 1.29 is 13.2 Å². The van der Waals surface area contributed by atoms with E-state index in [1.165, 1.54) is 10.6 Å². The number of anilines is 2. The van der Waals surface area contributed by atoms with E-state index in [1.807, 2.05) is 23.1 Å². The van der Waals surface area contributed by atoms with Crippen LogP contribution in [-0.4, -0.2) is 61.0 Å². The first-order chi connectivity index (χ1) is 15.7. The highest BCUT2D eigenvalue weighted by molar-refractivity contribution is 7.88. The number of rotatable bonds is 5. The number of hydrogen-bond acceptors (Lipinski definition) is 6. The molecule has 4 rings (SSSR count). The van der Waals surface area contributed by atoms with Gasteiger partial charge in [-0.05, 0) is 49.4 Å². The van der Waals surface area contributed by atoms with Gasteiger partial charge in [-0.25, -0.2) is 13.4 Å². The molecule has 2 aromatic heterocycles. The van der Waals surface area contributed by atoms with Gasteiger partial charge in [-0.3, -0.25) is 9.78 Å². The molecule has 33 heavy (non-hydrogen) atoms. The maximum atomic E-state index is 12.9. The van der Waals surface area contributed by atoms with Gasteiger partial charge in [0, 0.05) is 43.6 Å². The predicted molar refractivity (Wildman–Crippen MR) is 130 cm³/mol. The molecule has 1 fully saturated rings. The molecule has 0 atom stereocenters. The fourth-order valence-corrected chi connectivity index (χ4v) is 4.77. The van der Waals surface area contributed by atoms with Crippen LogP contribution in [0.25, 0.3) is 11.3 Å². The lowest BCUT2D eigenvalue weighted by atomic mass is 10.1. The van der Waals surface area contributed by atoms with Crippen LogP contribution in [0, 0.1) is 6.92 Å². The number of nitrogens with one attached hydrogen (secondary N) is 1. The molecular formula is C23H24ClN5O3S. The molecule has 0 aliphatic carbocycles. The molecule has 8 nitrogen and oxygen atoms in total. The quantitative estimate of drug-likeness (QED) is 0.594. The number of nitrogens with zero attached hydrogens (tertiary/aromatic N) is 4. The summed E-state index contributed by atoms with van der Waals surface area (Å²) < 4.78 is 24.9. The van der Waals surface area contributed by atoms with Gasteiger partial charge in [0.2, 0.25) is 10.0 Å². The Morgan fingerprint density at radius 2 is 1.82 bits per heavy atom. The van der Waals surface area contributed by atoms with Gasteiger partial charge in [-0.15, -0.1) is 0 Å². The van der Waals surface area contributed by atoms with Crippen molar-refractivity contribution in [3.05, 3.63) is 71.0 Å². The van der Waals surface area contributed by atoms with Crippen LogP contribution in [0.3, 0.4) is 0 Å². The lowest BCUT2D eigenvalue weighted by Gasteiger charge is -2.34. The second-order valence-corrected chi connectivity index (χ2v) is 10.2. The number of carbonyl (C=O) groups is 1. The van der Waals surface area contributed by atoms with Crippen LogP contribution in [0.2, 0.25) is 5.02 Å². The monoisotopic (exact) mass is 485 g/mol. The van der Waals surface area contributed by atoms with E-state index in [0.29, 0.717) is 48.1 Å². The Balaban J connectivity index is 1.48. The Morgan fingerprint density at radius 1 is 1.06 bits per heavy atom. The van der Waals surface area contributed by atoms with Crippen LogP contribution in [-0.2, 0) is 10.0 Å². The van der Waals surface area contributed by atoms with Gasteiger partial charge in [0.15, 0.2) is 0 Å². The van der Waals surface area contributed by atoms with Crippen molar-refractivity contribution in [1.29, 1.82) is 0 Å². The largest absolute Gasteiger partial charge is 0.354 e.